The number of nitrogens with zero attached hydrogens (tertiary/aromatic N) is 1. The molecule has 0 unspecified atom stereocenters. The van der Waals surface area contributed by atoms with Gasteiger partial charge in [0.2, 0.25) is 0 Å². The topological polar surface area (TPSA) is 58.6 Å². The highest BCUT2D eigenvalue weighted by molar-refractivity contribution is 5.95. The fourth-order valence-electron chi connectivity index (χ4n) is 2.72. The van der Waals surface area contributed by atoms with Gasteiger partial charge in [0.05, 0.1) is 0 Å². The Morgan fingerprint density at radius 3 is 2.00 bits per heavy atom. The summed E-state index contributed by atoms with van der Waals surface area (Å²) in [6.45, 7) is 0.735. The Kier molecular flexibility index (Phi) is 6.41. The number of carbonyl (C=O) groups is 2. The molecule has 0 saturated heterocycles. The van der Waals surface area contributed by atoms with Gasteiger partial charge >= 0.3 is 6.09 Å². The third kappa shape index (κ3) is 5.45. The second kappa shape index (κ2) is 9.37. The van der Waals surface area contributed by atoms with Crippen LogP contribution in [0.1, 0.15) is 21.5 Å². The number of anilines is 1. The first-order valence-corrected chi connectivity index (χ1v) is 8.99. The quantitative estimate of drug-likeness (QED) is 0.680. The number of hydrogen-bond acceptors (Lipinski definition) is 3. The lowest BCUT2D eigenvalue weighted by Crippen LogP contribution is -2.26. The summed E-state index contributed by atoms with van der Waals surface area (Å²) < 4.78 is 5.19. The smallest absolute Gasteiger partial charge is 0.411 e. The first kappa shape index (κ1) is 19.2. The van der Waals surface area contributed by atoms with E-state index < -0.39 is 6.09 Å². The molecule has 0 aliphatic carbocycles. The molecule has 3 aromatic carbocycles. The van der Waals surface area contributed by atoms with Crippen LogP contribution in [-0.2, 0) is 17.9 Å². The predicted octanol–water partition coefficient (Wildman–Crippen LogP) is 4.71. The van der Waals surface area contributed by atoms with Crippen LogP contribution in [-0.4, -0.2) is 23.9 Å². The van der Waals surface area contributed by atoms with Crippen LogP contribution >= 0.6 is 0 Å². The molecular formula is C23H22N2O3. The highest BCUT2D eigenvalue weighted by Crippen LogP contribution is 2.13. The summed E-state index contributed by atoms with van der Waals surface area (Å²) in [5.74, 6) is -0.0814. The molecule has 1 N–H and O–H groups in total. The van der Waals surface area contributed by atoms with Crippen LogP contribution in [0.4, 0.5) is 10.5 Å². The van der Waals surface area contributed by atoms with Gasteiger partial charge in [0.25, 0.3) is 5.91 Å². The van der Waals surface area contributed by atoms with Crippen LogP contribution in [0.2, 0.25) is 0 Å². The molecule has 142 valence electrons. The van der Waals surface area contributed by atoms with Crippen LogP contribution in [0.5, 0.6) is 0 Å². The SMILES string of the molecule is CN(Cc1ccccc1)C(=O)c1ccc(NC(=O)OCc2ccccc2)cc1. The van der Waals surface area contributed by atoms with Crippen molar-refractivity contribution in [2.45, 2.75) is 13.2 Å². The number of benzene rings is 3. The molecule has 0 atom stereocenters. The standard InChI is InChI=1S/C23H22N2O3/c1-25(16-18-8-4-2-5-9-18)22(26)20-12-14-21(15-13-20)24-23(27)28-17-19-10-6-3-7-11-19/h2-15H,16-17H2,1H3,(H,24,27). The molecule has 28 heavy (non-hydrogen) atoms. The van der Waals surface area contributed by atoms with E-state index in [-0.39, 0.29) is 12.5 Å². The first-order chi connectivity index (χ1) is 13.6. The molecule has 0 fully saturated rings. The van der Waals surface area contributed by atoms with Gasteiger partial charge in [0.15, 0.2) is 0 Å². The summed E-state index contributed by atoms with van der Waals surface area (Å²) in [5.41, 5.74) is 3.11. The lowest BCUT2D eigenvalue weighted by molar-refractivity contribution is 0.0785. The average molecular weight is 374 g/mol. The number of rotatable bonds is 6. The Labute approximate surface area is 164 Å². The number of ether oxygens (including phenoxy) is 1. The Hall–Kier alpha value is -3.60. The zero-order valence-corrected chi connectivity index (χ0v) is 15.7. The van der Waals surface area contributed by atoms with Gasteiger partial charge in [0.1, 0.15) is 6.61 Å². The normalized spacial score (nSPS) is 10.2. The van der Waals surface area contributed by atoms with Gasteiger partial charge in [-0.3, -0.25) is 10.1 Å². The predicted molar refractivity (Wildman–Crippen MR) is 109 cm³/mol. The summed E-state index contributed by atoms with van der Waals surface area (Å²) in [6, 6.07) is 26.0. The van der Waals surface area contributed by atoms with Crippen molar-refractivity contribution in [3.05, 3.63) is 102 Å². The summed E-state index contributed by atoms with van der Waals surface area (Å²) in [6.07, 6.45) is -0.538. The fraction of sp³-hybridized carbons (Fsp3) is 0.130. The van der Waals surface area contributed by atoms with E-state index in [1.54, 1.807) is 36.2 Å². The zero-order chi connectivity index (χ0) is 19.8. The third-order valence-electron chi connectivity index (χ3n) is 4.20. The Bertz CT molecular complexity index is 910. The van der Waals surface area contributed by atoms with E-state index in [9.17, 15) is 9.59 Å². The van der Waals surface area contributed by atoms with Crippen LogP contribution in [0.25, 0.3) is 0 Å². The molecule has 3 rings (SSSR count). The summed E-state index contributed by atoms with van der Waals surface area (Å²) >= 11 is 0. The molecule has 0 saturated carbocycles. The van der Waals surface area contributed by atoms with Crippen molar-refractivity contribution in [3.8, 4) is 0 Å². The molecule has 0 radical (unpaired) electrons. The highest BCUT2D eigenvalue weighted by Gasteiger charge is 2.12. The van der Waals surface area contributed by atoms with E-state index in [1.165, 1.54) is 0 Å². The molecule has 0 bridgehead atoms. The molecule has 0 spiro atoms. The molecule has 3 aromatic rings. The lowest BCUT2D eigenvalue weighted by atomic mass is 10.1. The van der Waals surface area contributed by atoms with Crippen molar-refractivity contribution in [1.82, 2.24) is 4.90 Å². The maximum absolute atomic E-state index is 12.6. The van der Waals surface area contributed by atoms with Crippen molar-refractivity contribution in [2.24, 2.45) is 0 Å². The number of hydrogen-bond donors (Lipinski definition) is 1. The van der Waals surface area contributed by atoms with Gasteiger partial charge in [-0.2, -0.15) is 0 Å². The van der Waals surface area contributed by atoms with Gasteiger partial charge < -0.3 is 9.64 Å². The van der Waals surface area contributed by atoms with E-state index >= 15 is 0 Å². The minimum Gasteiger partial charge on any atom is -0.444 e. The van der Waals surface area contributed by atoms with Crippen LogP contribution in [0.15, 0.2) is 84.9 Å². The molecule has 0 aromatic heterocycles. The molecular weight excluding hydrogens is 352 g/mol. The van der Waals surface area contributed by atoms with E-state index in [2.05, 4.69) is 5.32 Å². The zero-order valence-electron chi connectivity index (χ0n) is 15.7. The maximum atomic E-state index is 12.6. The minimum atomic E-state index is -0.538. The van der Waals surface area contributed by atoms with Crippen molar-refractivity contribution >= 4 is 17.7 Å². The fourth-order valence-corrected chi connectivity index (χ4v) is 2.72. The van der Waals surface area contributed by atoms with Crippen LogP contribution in [0.3, 0.4) is 0 Å². The van der Waals surface area contributed by atoms with Gasteiger partial charge in [0, 0.05) is 24.8 Å². The largest absolute Gasteiger partial charge is 0.444 e. The number of nitrogens with one attached hydrogen (secondary N) is 1. The average Bonchev–Trinajstić information content (AvgIpc) is 2.74. The second-order valence-electron chi connectivity index (χ2n) is 6.41. The molecule has 0 heterocycles. The van der Waals surface area contributed by atoms with Gasteiger partial charge in [-0.05, 0) is 35.4 Å². The third-order valence-corrected chi connectivity index (χ3v) is 4.20. The summed E-state index contributed by atoms with van der Waals surface area (Å²) in [5, 5.41) is 2.66. The van der Waals surface area contributed by atoms with E-state index in [1.807, 2.05) is 60.7 Å². The van der Waals surface area contributed by atoms with Crippen molar-refractivity contribution in [2.75, 3.05) is 12.4 Å². The molecule has 0 aliphatic heterocycles. The van der Waals surface area contributed by atoms with Gasteiger partial charge in [-0.1, -0.05) is 60.7 Å². The van der Waals surface area contributed by atoms with Crippen LogP contribution in [0, 0.1) is 0 Å². The van der Waals surface area contributed by atoms with Crippen LogP contribution < -0.4 is 5.32 Å². The Morgan fingerprint density at radius 1 is 0.821 bits per heavy atom. The monoisotopic (exact) mass is 374 g/mol. The van der Waals surface area contributed by atoms with Crippen molar-refractivity contribution < 1.29 is 14.3 Å². The van der Waals surface area contributed by atoms with Gasteiger partial charge in [-0.15, -0.1) is 0 Å². The highest BCUT2D eigenvalue weighted by atomic mass is 16.5. The lowest BCUT2D eigenvalue weighted by Gasteiger charge is -2.17. The molecule has 5 heteroatoms. The Morgan fingerprint density at radius 2 is 1.39 bits per heavy atom. The van der Waals surface area contributed by atoms with E-state index in [4.69, 9.17) is 4.74 Å². The number of amides is 2. The summed E-state index contributed by atoms with van der Waals surface area (Å²) in [7, 11) is 1.77. The molecule has 2 amide bonds. The van der Waals surface area contributed by atoms with Crippen molar-refractivity contribution in [1.29, 1.82) is 0 Å². The second-order valence-corrected chi connectivity index (χ2v) is 6.41. The number of carbonyl (C=O) groups excluding carboxylic acids is 2. The Balaban J connectivity index is 1.52. The first-order valence-electron chi connectivity index (χ1n) is 8.99. The maximum Gasteiger partial charge on any atom is 0.411 e. The molecule has 0 aliphatic rings. The minimum absolute atomic E-state index is 0.0814. The van der Waals surface area contributed by atoms with Gasteiger partial charge in [-0.25, -0.2) is 4.79 Å². The summed E-state index contributed by atoms with van der Waals surface area (Å²) in [4.78, 5) is 26.1. The van der Waals surface area contributed by atoms with E-state index in [0.717, 1.165) is 11.1 Å². The van der Waals surface area contributed by atoms with E-state index in [0.29, 0.717) is 17.8 Å². The van der Waals surface area contributed by atoms with Crippen molar-refractivity contribution in [3.63, 3.8) is 0 Å². The molecule has 5 nitrogen and oxygen atoms in total.